The smallest absolute Gasteiger partial charge is 0.271 e. The molecular formula is C19H12ClFN4OS. The molecule has 1 fully saturated rings. The molecular weight excluding hydrogens is 387 g/mol. The van der Waals surface area contributed by atoms with Crippen LogP contribution in [0, 0.1) is 11.2 Å². The molecule has 27 heavy (non-hydrogen) atoms. The van der Waals surface area contributed by atoms with Gasteiger partial charge in [0.2, 0.25) is 0 Å². The van der Waals surface area contributed by atoms with Crippen LogP contribution in [0.25, 0.3) is 17.3 Å². The van der Waals surface area contributed by atoms with E-state index in [-0.39, 0.29) is 16.9 Å². The van der Waals surface area contributed by atoms with Crippen molar-refractivity contribution >= 4 is 46.2 Å². The van der Waals surface area contributed by atoms with Crippen LogP contribution in [0.5, 0.6) is 0 Å². The lowest BCUT2D eigenvalue weighted by Gasteiger charge is -2.14. The van der Waals surface area contributed by atoms with Crippen molar-refractivity contribution in [2.75, 3.05) is 4.90 Å². The fourth-order valence-corrected chi connectivity index (χ4v) is 3.68. The molecule has 8 heteroatoms. The molecule has 2 heterocycles. The van der Waals surface area contributed by atoms with Gasteiger partial charge in [-0.05, 0) is 66.4 Å². The molecule has 0 unspecified atom stereocenters. The number of H-pyrrole nitrogens is 1. The number of amides is 1. The largest absolute Gasteiger partial charge is 0.278 e. The number of carbonyl (C=O) groups is 1. The zero-order valence-electron chi connectivity index (χ0n) is 13.7. The molecule has 0 spiro atoms. The number of carbonyl (C=O) groups excluding carboxylic acids is 1. The number of nitrogens with one attached hydrogen (secondary N) is 2. The van der Waals surface area contributed by atoms with Crippen LogP contribution in [0.15, 0.2) is 59.6 Å². The SMILES string of the molecule is N=C1S/C(=C\c2cn[nH]c2-c2ccc(F)cc2)C(=O)N1c1ccc(Cl)cc1. The van der Waals surface area contributed by atoms with Crippen molar-refractivity contribution in [1.82, 2.24) is 10.2 Å². The van der Waals surface area contributed by atoms with Gasteiger partial charge >= 0.3 is 0 Å². The zero-order chi connectivity index (χ0) is 19.0. The van der Waals surface area contributed by atoms with Gasteiger partial charge in [-0.2, -0.15) is 5.10 Å². The second-order valence-electron chi connectivity index (χ2n) is 5.74. The summed E-state index contributed by atoms with van der Waals surface area (Å²) in [6.45, 7) is 0. The zero-order valence-corrected chi connectivity index (χ0v) is 15.3. The Morgan fingerprint density at radius 2 is 1.85 bits per heavy atom. The summed E-state index contributed by atoms with van der Waals surface area (Å²) in [4.78, 5) is 14.5. The Morgan fingerprint density at radius 3 is 2.56 bits per heavy atom. The minimum absolute atomic E-state index is 0.111. The molecule has 134 valence electrons. The average Bonchev–Trinajstić information content (AvgIpc) is 3.22. The van der Waals surface area contributed by atoms with Crippen LogP contribution in [0.1, 0.15) is 5.56 Å². The van der Waals surface area contributed by atoms with E-state index in [0.717, 1.165) is 17.3 Å². The third kappa shape index (κ3) is 3.39. The number of aromatic amines is 1. The maximum absolute atomic E-state index is 13.2. The lowest BCUT2D eigenvalue weighted by molar-refractivity contribution is -0.113. The fourth-order valence-electron chi connectivity index (χ4n) is 2.71. The van der Waals surface area contributed by atoms with Crippen LogP contribution in [-0.2, 0) is 4.79 Å². The van der Waals surface area contributed by atoms with E-state index in [9.17, 15) is 9.18 Å². The molecule has 0 aliphatic carbocycles. The van der Waals surface area contributed by atoms with Gasteiger partial charge in [-0.1, -0.05) is 11.6 Å². The Hall–Kier alpha value is -2.90. The van der Waals surface area contributed by atoms with Crippen LogP contribution in [0.2, 0.25) is 5.02 Å². The molecule has 0 saturated carbocycles. The maximum Gasteiger partial charge on any atom is 0.271 e. The minimum Gasteiger partial charge on any atom is -0.278 e. The van der Waals surface area contributed by atoms with Gasteiger partial charge in [-0.15, -0.1) is 0 Å². The maximum atomic E-state index is 13.2. The molecule has 0 bridgehead atoms. The standard InChI is InChI=1S/C19H12ClFN4OS/c20-13-3-7-15(8-4-13)25-18(26)16(27-19(25)22)9-12-10-23-24-17(12)11-1-5-14(21)6-2-11/h1-10,22H,(H,23,24)/b16-9-,22-19?. The van der Waals surface area contributed by atoms with Gasteiger partial charge in [-0.3, -0.25) is 20.2 Å². The number of amidine groups is 1. The van der Waals surface area contributed by atoms with E-state index in [0.29, 0.717) is 26.9 Å². The summed E-state index contributed by atoms with van der Waals surface area (Å²) in [6, 6.07) is 12.7. The van der Waals surface area contributed by atoms with Gasteiger partial charge < -0.3 is 0 Å². The van der Waals surface area contributed by atoms with Crippen molar-refractivity contribution in [3.63, 3.8) is 0 Å². The summed E-state index contributed by atoms with van der Waals surface area (Å²) >= 11 is 6.96. The Morgan fingerprint density at radius 1 is 1.15 bits per heavy atom. The first-order valence-electron chi connectivity index (χ1n) is 7.90. The molecule has 2 aromatic carbocycles. The van der Waals surface area contributed by atoms with E-state index < -0.39 is 0 Å². The molecule has 1 saturated heterocycles. The normalized spacial score (nSPS) is 15.8. The Labute approximate surface area is 163 Å². The first-order valence-corrected chi connectivity index (χ1v) is 9.10. The van der Waals surface area contributed by atoms with Gasteiger partial charge in [0.05, 0.1) is 22.5 Å². The summed E-state index contributed by atoms with van der Waals surface area (Å²) in [6.07, 6.45) is 3.27. The Balaban J connectivity index is 1.67. The topological polar surface area (TPSA) is 72.8 Å². The predicted octanol–water partition coefficient (Wildman–Crippen LogP) is 4.92. The summed E-state index contributed by atoms with van der Waals surface area (Å²) in [5.41, 5.74) is 2.69. The van der Waals surface area contributed by atoms with E-state index in [1.165, 1.54) is 17.0 Å². The van der Waals surface area contributed by atoms with E-state index in [1.807, 2.05) is 0 Å². The van der Waals surface area contributed by atoms with Crippen molar-refractivity contribution in [2.24, 2.45) is 0 Å². The molecule has 0 atom stereocenters. The second kappa shape index (κ2) is 7.02. The van der Waals surface area contributed by atoms with Crippen LogP contribution < -0.4 is 4.90 Å². The third-order valence-electron chi connectivity index (χ3n) is 4.00. The predicted molar refractivity (Wildman–Crippen MR) is 106 cm³/mol. The lowest BCUT2D eigenvalue weighted by Crippen LogP contribution is -2.27. The first kappa shape index (κ1) is 17.5. The average molecular weight is 399 g/mol. The molecule has 1 aromatic heterocycles. The van der Waals surface area contributed by atoms with Gasteiger partial charge in [0, 0.05) is 16.1 Å². The van der Waals surface area contributed by atoms with Gasteiger partial charge in [0.25, 0.3) is 5.91 Å². The first-order chi connectivity index (χ1) is 13.0. The number of thioether (sulfide) groups is 1. The molecule has 5 nitrogen and oxygen atoms in total. The fraction of sp³-hybridized carbons (Fsp3) is 0. The number of anilines is 1. The summed E-state index contributed by atoms with van der Waals surface area (Å²) in [7, 11) is 0. The van der Waals surface area contributed by atoms with Crippen LogP contribution in [-0.4, -0.2) is 21.3 Å². The molecule has 0 radical (unpaired) electrons. The second-order valence-corrected chi connectivity index (χ2v) is 7.21. The van der Waals surface area contributed by atoms with Crippen molar-refractivity contribution in [3.05, 3.63) is 76.0 Å². The van der Waals surface area contributed by atoms with Crippen LogP contribution in [0.3, 0.4) is 0 Å². The number of rotatable bonds is 3. The lowest BCUT2D eigenvalue weighted by atomic mass is 10.1. The molecule has 2 N–H and O–H groups in total. The number of nitrogens with zero attached hydrogens (tertiary/aromatic N) is 2. The third-order valence-corrected chi connectivity index (χ3v) is 5.14. The monoisotopic (exact) mass is 398 g/mol. The summed E-state index contributed by atoms with van der Waals surface area (Å²) < 4.78 is 13.2. The van der Waals surface area contributed by atoms with Gasteiger partial charge in [0.1, 0.15) is 5.82 Å². The van der Waals surface area contributed by atoms with Crippen molar-refractivity contribution in [3.8, 4) is 11.3 Å². The van der Waals surface area contributed by atoms with Crippen molar-refractivity contribution in [1.29, 1.82) is 5.41 Å². The van der Waals surface area contributed by atoms with E-state index >= 15 is 0 Å². The summed E-state index contributed by atoms with van der Waals surface area (Å²) in [5, 5.41) is 15.7. The van der Waals surface area contributed by atoms with E-state index in [1.54, 1.807) is 48.7 Å². The number of benzene rings is 2. The number of hydrogen-bond acceptors (Lipinski definition) is 4. The Bertz CT molecular complexity index is 1060. The van der Waals surface area contributed by atoms with Gasteiger partial charge in [-0.25, -0.2) is 4.39 Å². The highest BCUT2D eigenvalue weighted by Gasteiger charge is 2.33. The van der Waals surface area contributed by atoms with Crippen molar-refractivity contribution < 1.29 is 9.18 Å². The number of halogens is 2. The van der Waals surface area contributed by atoms with E-state index in [4.69, 9.17) is 17.0 Å². The van der Waals surface area contributed by atoms with Crippen LogP contribution in [0.4, 0.5) is 10.1 Å². The quantitative estimate of drug-likeness (QED) is 0.615. The highest BCUT2D eigenvalue weighted by atomic mass is 35.5. The minimum atomic E-state index is -0.327. The molecule has 1 amide bonds. The molecule has 4 rings (SSSR count). The van der Waals surface area contributed by atoms with Gasteiger partial charge in [0.15, 0.2) is 5.17 Å². The molecule has 3 aromatic rings. The number of hydrogen-bond donors (Lipinski definition) is 2. The summed E-state index contributed by atoms with van der Waals surface area (Å²) in [5.74, 6) is -0.620. The van der Waals surface area contributed by atoms with E-state index in [2.05, 4.69) is 10.2 Å². The number of aromatic nitrogens is 2. The Kier molecular flexibility index (Phi) is 4.55. The van der Waals surface area contributed by atoms with Crippen molar-refractivity contribution in [2.45, 2.75) is 0 Å². The van der Waals surface area contributed by atoms with Crippen LogP contribution >= 0.6 is 23.4 Å². The molecule has 1 aliphatic heterocycles. The highest BCUT2D eigenvalue weighted by molar-refractivity contribution is 8.19. The highest BCUT2D eigenvalue weighted by Crippen LogP contribution is 2.36. The molecule has 1 aliphatic rings.